The van der Waals surface area contributed by atoms with Gasteiger partial charge < -0.3 is 4.90 Å². The highest BCUT2D eigenvalue weighted by Gasteiger charge is 2.35. The molecule has 2 fully saturated rings. The molecule has 0 aromatic heterocycles. The van der Waals surface area contributed by atoms with Crippen molar-refractivity contribution in [2.45, 2.75) is 72.1 Å². The summed E-state index contributed by atoms with van der Waals surface area (Å²) < 4.78 is 0. The van der Waals surface area contributed by atoms with Crippen molar-refractivity contribution in [2.75, 3.05) is 19.6 Å². The summed E-state index contributed by atoms with van der Waals surface area (Å²) in [5.41, 5.74) is 0.517. The zero-order valence-corrected chi connectivity index (χ0v) is 13.1. The summed E-state index contributed by atoms with van der Waals surface area (Å²) in [7, 11) is 0. The van der Waals surface area contributed by atoms with E-state index in [1.165, 1.54) is 58.0 Å². The van der Waals surface area contributed by atoms with E-state index >= 15 is 0 Å². The number of rotatable bonds is 3. The normalized spacial score (nSPS) is 24.6. The summed E-state index contributed by atoms with van der Waals surface area (Å²) in [6.45, 7) is 9.51. The molecule has 1 spiro atoms. The molecule has 0 aromatic carbocycles. The van der Waals surface area contributed by atoms with Crippen molar-refractivity contribution in [3.05, 3.63) is 0 Å². The number of hydrogen-bond donors (Lipinski definition) is 0. The average molecular weight is 265 g/mol. The molecule has 1 aliphatic carbocycles. The van der Waals surface area contributed by atoms with Crippen LogP contribution in [0.25, 0.3) is 0 Å². The Kier molecular flexibility index (Phi) is 4.70. The summed E-state index contributed by atoms with van der Waals surface area (Å²) in [5, 5.41) is 0. The first-order valence-electron chi connectivity index (χ1n) is 8.17. The van der Waals surface area contributed by atoms with Crippen molar-refractivity contribution in [1.29, 1.82) is 0 Å². The van der Waals surface area contributed by atoms with Gasteiger partial charge in [-0.3, -0.25) is 4.79 Å². The largest absolute Gasteiger partial charge is 0.303 e. The Morgan fingerprint density at radius 2 is 1.58 bits per heavy atom. The highest BCUT2D eigenvalue weighted by molar-refractivity contribution is 5.83. The molecule has 1 saturated heterocycles. The third-order valence-electron chi connectivity index (χ3n) is 5.32. The standard InChI is InChI=1S/C17H31NO/c1-16(2,3)15(19)7-12-18-13-10-17(11-14-18)8-5-4-6-9-17/h4-14H2,1-3H3. The van der Waals surface area contributed by atoms with Crippen molar-refractivity contribution < 1.29 is 4.79 Å². The van der Waals surface area contributed by atoms with Crippen molar-refractivity contribution in [1.82, 2.24) is 4.90 Å². The molecule has 110 valence electrons. The minimum atomic E-state index is -0.166. The van der Waals surface area contributed by atoms with E-state index < -0.39 is 0 Å². The molecule has 2 heteroatoms. The van der Waals surface area contributed by atoms with Crippen molar-refractivity contribution in [3.8, 4) is 0 Å². The molecular formula is C17H31NO. The second-order valence-electron chi connectivity index (χ2n) is 7.83. The van der Waals surface area contributed by atoms with Crippen LogP contribution in [0, 0.1) is 10.8 Å². The van der Waals surface area contributed by atoms with Gasteiger partial charge in [-0.25, -0.2) is 0 Å². The number of carbonyl (C=O) groups is 1. The molecule has 2 rings (SSSR count). The van der Waals surface area contributed by atoms with E-state index in [9.17, 15) is 4.79 Å². The lowest BCUT2D eigenvalue weighted by Crippen LogP contribution is -2.42. The molecule has 2 nitrogen and oxygen atoms in total. The number of carbonyl (C=O) groups excluding carboxylic acids is 1. The van der Waals surface area contributed by atoms with Crippen LogP contribution in [-0.2, 0) is 4.79 Å². The Morgan fingerprint density at radius 1 is 1.00 bits per heavy atom. The Hall–Kier alpha value is -0.370. The van der Waals surface area contributed by atoms with Crippen LogP contribution in [0.5, 0.6) is 0 Å². The lowest BCUT2D eigenvalue weighted by Gasteiger charge is -2.44. The van der Waals surface area contributed by atoms with Crippen LogP contribution in [0.1, 0.15) is 72.1 Å². The molecule has 1 saturated carbocycles. The number of hydrogen-bond acceptors (Lipinski definition) is 2. The maximum atomic E-state index is 12.0. The SMILES string of the molecule is CC(C)(C)C(=O)CCN1CCC2(CCCCC2)CC1. The van der Waals surface area contributed by atoms with Crippen molar-refractivity contribution in [3.63, 3.8) is 0 Å². The number of nitrogens with zero attached hydrogens (tertiary/aromatic N) is 1. The van der Waals surface area contributed by atoms with E-state index in [1.54, 1.807) is 0 Å². The van der Waals surface area contributed by atoms with Crippen molar-refractivity contribution in [2.24, 2.45) is 10.8 Å². The molecule has 2 aliphatic rings. The fourth-order valence-corrected chi connectivity index (χ4v) is 3.69. The van der Waals surface area contributed by atoms with Crippen LogP contribution in [0.2, 0.25) is 0 Å². The van der Waals surface area contributed by atoms with E-state index in [1.807, 2.05) is 20.8 Å². The molecule has 0 atom stereocenters. The Morgan fingerprint density at radius 3 is 2.11 bits per heavy atom. The predicted molar refractivity (Wildman–Crippen MR) is 80.3 cm³/mol. The van der Waals surface area contributed by atoms with Gasteiger partial charge in [-0.1, -0.05) is 40.0 Å². The van der Waals surface area contributed by atoms with Gasteiger partial charge in [0.1, 0.15) is 5.78 Å². The van der Waals surface area contributed by atoms with E-state index in [-0.39, 0.29) is 5.41 Å². The molecule has 0 bridgehead atoms. The Bertz CT molecular complexity index is 300. The third-order valence-corrected chi connectivity index (χ3v) is 5.32. The first-order chi connectivity index (χ1) is 8.91. The van der Waals surface area contributed by atoms with Gasteiger partial charge in [0, 0.05) is 18.4 Å². The van der Waals surface area contributed by atoms with E-state index in [4.69, 9.17) is 0 Å². The maximum Gasteiger partial charge on any atom is 0.139 e. The number of ketones is 1. The maximum absolute atomic E-state index is 12.0. The van der Waals surface area contributed by atoms with Crippen LogP contribution in [-0.4, -0.2) is 30.3 Å². The van der Waals surface area contributed by atoms with E-state index in [0.717, 1.165) is 13.0 Å². The zero-order valence-electron chi connectivity index (χ0n) is 13.1. The van der Waals surface area contributed by atoms with Crippen LogP contribution in [0.4, 0.5) is 0 Å². The first kappa shape index (κ1) is 15.0. The fourth-order valence-electron chi connectivity index (χ4n) is 3.69. The third kappa shape index (κ3) is 4.05. The van der Waals surface area contributed by atoms with E-state index in [2.05, 4.69) is 4.90 Å². The minimum Gasteiger partial charge on any atom is -0.303 e. The summed E-state index contributed by atoms with van der Waals surface area (Å²) in [6.07, 6.45) is 10.7. The minimum absolute atomic E-state index is 0.166. The predicted octanol–water partition coefficient (Wildman–Crippen LogP) is 4.04. The van der Waals surface area contributed by atoms with Gasteiger partial charge >= 0.3 is 0 Å². The summed E-state index contributed by atoms with van der Waals surface area (Å²) in [5.74, 6) is 0.408. The van der Waals surface area contributed by atoms with Gasteiger partial charge in [0.05, 0.1) is 0 Å². The number of piperidine rings is 1. The fraction of sp³-hybridized carbons (Fsp3) is 0.941. The average Bonchev–Trinajstić information content (AvgIpc) is 2.38. The molecule has 0 unspecified atom stereocenters. The first-order valence-corrected chi connectivity index (χ1v) is 8.17. The summed E-state index contributed by atoms with van der Waals surface area (Å²) in [6, 6.07) is 0. The molecular weight excluding hydrogens is 234 g/mol. The van der Waals surface area contributed by atoms with Crippen LogP contribution < -0.4 is 0 Å². The van der Waals surface area contributed by atoms with Crippen LogP contribution in [0.3, 0.4) is 0 Å². The highest BCUT2D eigenvalue weighted by Crippen LogP contribution is 2.44. The lowest BCUT2D eigenvalue weighted by molar-refractivity contribution is -0.126. The zero-order chi connectivity index (χ0) is 13.9. The lowest BCUT2D eigenvalue weighted by atomic mass is 9.68. The van der Waals surface area contributed by atoms with E-state index in [0.29, 0.717) is 11.2 Å². The second kappa shape index (κ2) is 5.95. The van der Waals surface area contributed by atoms with Gasteiger partial charge in [-0.15, -0.1) is 0 Å². The highest BCUT2D eigenvalue weighted by atomic mass is 16.1. The molecule has 1 heterocycles. The van der Waals surface area contributed by atoms with Gasteiger partial charge in [0.2, 0.25) is 0 Å². The van der Waals surface area contributed by atoms with Crippen molar-refractivity contribution >= 4 is 5.78 Å². The topological polar surface area (TPSA) is 20.3 Å². The van der Waals surface area contributed by atoms with Crippen LogP contribution in [0.15, 0.2) is 0 Å². The molecule has 0 amide bonds. The molecule has 0 N–H and O–H groups in total. The van der Waals surface area contributed by atoms with Gasteiger partial charge in [0.25, 0.3) is 0 Å². The Balaban J connectivity index is 1.73. The molecule has 0 radical (unpaired) electrons. The molecule has 1 aliphatic heterocycles. The van der Waals surface area contributed by atoms with Gasteiger partial charge in [-0.2, -0.15) is 0 Å². The monoisotopic (exact) mass is 265 g/mol. The number of likely N-dealkylation sites (tertiary alicyclic amines) is 1. The van der Waals surface area contributed by atoms with Gasteiger partial charge in [-0.05, 0) is 44.2 Å². The Labute approximate surface area is 118 Å². The summed E-state index contributed by atoms with van der Waals surface area (Å²) >= 11 is 0. The smallest absolute Gasteiger partial charge is 0.139 e. The molecule has 0 aromatic rings. The summed E-state index contributed by atoms with van der Waals surface area (Å²) in [4.78, 5) is 14.5. The van der Waals surface area contributed by atoms with Gasteiger partial charge in [0.15, 0.2) is 0 Å². The van der Waals surface area contributed by atoms with Crippen LogP contribution >= 0.6 is 0 Å². The quantitative estimate of drug-likeness (QED) is 0.767. The second-order valence-corrected chi connectivity index (χ2v) is 7.83. The number of Topliss-reactive ketones (excluding diaryl/α,β-unsaturated/α-hetero) is 1. The molecule has 19 heavy (non-hydrogen) atoms.